The summed E-state index contributed by atoms with van der Waals surface area (Å²) in [5.74, 6) is -0.405. The molecule has 2 aromatic rings. The highest BCUT2D eigenvalue weighted by Gasteiger charge is 2.31. The van der Waals surface area contributed by atoms with Crippen LogP contribution in [0.3, 0.4) is 0 Å². The van der Waals surface area contributed by atoms with E-state index in [1.54, 1.807) is 17.0 Å². The highest BCUT2D eigenvalue weighted by molar-refractivity contribution is 7.89. The lowest BCUT2D eigenvalue weighted by Crippen LogP contribution is -2.43. The van der Waals surface area contributed by atoms with Crippen LogP contribution >= 0.6 is 0 Å². The second-order valence-electron chi connectivity index (χ2n) is 8.36. The maximum atomic E-state index is 13.1. The van der Waals surface area contributed by atoms with Crippen molar-refractivity contribution in [1.29, 1.82) is 0 Å². The Balaban J connectivity index is 1.68. The van der Waals surface area contributed by atoms with Crippen molar-refractivity contribution in [2.45, 2.75) is 57.0 Å². The molecular weight excluding hydrogens is 426 g/mol. The minimum absolute atomic E-state index is 0.0143. The first kappa shape index (κ1) is 23.9. The number of sulfonamides is 1. The average Bonchev–Trinajstić information content (AvgIpc) is 3.08. The van der Waals surface area contributed by atoms with Gasteiger partial charge in [-0.3, -0.25) is 9.59 Å². The molecule has 2 aromatic carbocycles. The Kier molecular flexibility index (Phi) is 7.36. The molecule has 32 heavy (non-hydrogen) atoms. The van der Waals surface area contributed by atoms with Crippen LogP contribution in [-0.4, -0.2) is 50.2 Å². The van der Waals surface area contributed by atoms with E-state index in [4.69, 9.17) is 0 Å². The molecule has 0 radical (unpaired) electrons. The van der Waals surface area contributed by atoms with Gasteiger partial charge in [-0.25, -0.2) is 8.42 Å². The van der Waals surface area contributed by atoms with E-state index in [-0.39, 0.29) is 35.3 Å². The number of benzene rings is 2. The molecule has 1 heterocycles. The molecule has 1 aliphatic rings. The summed E-state index contributed by atoms with van der Waals surface area (Å²) >= 11 is 0. The van der Waals surface area contributed by atoms with Gasteiger partial charge in [-0.15, -0.1) is 0 Å². The number of hydrogen-bond donors (Lipinski definition) is 1. The molecule has 7 nitrogen and oxygen atoms in total. The van der Waals surface area contributed by atoms with Crippen molar-refractivity contribution in [1.82, 2.24) is 9.62 Å². The van der Waals surface area contributed by atoms with E-state index in [1.165, 1.54) is 20.0 Å². The Morgan fingerprint density at radius 2 is 1.88 bits per heavy atom. The van der Waals surface area contributed by atoms with Gasteiger partial charge in [-0.1, -0.05) is 37.3 Å². The number of carbonyl (C=O) groups is 2. The molecule has 3 rings (SSSR count). The largest absolute Gasteiger partial charge is 0.352 e. The smallest absolute Gasteiger partial charge is 0.243 e. The van der Waals surface area contributed by atoms with Gasteiger partial charge in [0.2, 0.25) is 21.8 Å². The molecule has 8 heteroatoms. The molecule has 2 atom stereocenters. The normalized spacial score (nSPS) is 16.7. The van der Waals surface area contributed by atoms with Gasteiger partial charge >= 0.3 is 0 Å². The molecule has 2 amide bonds. The first-order chi connectivity index (χ1) is 15.1. The van der Waals surface area contributed by atoms with Gasteiger partial charge in [0.15, 0.2) is 0 Å². The van der Waals surface area contributed by atoms with Crippen molar-refractivity contribution < 1.29 is 18.0 Å². The van der Waals surface area contributed by atoms with Gasteiger partial charge < -0.3 is 10.2 Å². The number of anilines is 1. The van der Waals surface area contributed by atoms with Crippen molar-refractivity contribution in [2.75, 3.05) is 18.5 Å². The van der Waals surface area contributed by atoms with Crippen LogP contribution in [0, 0.1) is 0 Å². The highest BCUT2D eigenvalue weighted by Crippen LogP contribution is 2.34. The second kappa shape index (κ2) is 9.83. The second-order valence-corrected chi connectivity index (χ2v) is 10.4. The Bertz CT molecular complexity index is 1090. The van der Waals surface area contributed by atoms with Crippen LogP contribution in [0.25, 0.3) is 0 Å². The van der Waals surface area contributed by atoms with Crippen LogP contribution < -0.4 is 10.2 Å². The maximum absolute atomic E-state index is 13.1. The van der Waals surface area contributed by atoms with Crippen molar-refractivity contribution in [2.24, 2.45) is 0 Å². The average molecular weight is 458 g/mol. The summed E-state index contributed by atoms with van der Waals surface area (Å²) in [4.78, 5) is 26.3. The minimum Gasteiger partial charge on any atom is -0.352 e. The predicted molar refractivity (Wildman–Crippen MR) is 125 cm³/mol. The maximum Gasteiger partial charge on any atom is 0.243 e. The Morgan fingerprint density at radius 3 is 2.50 bits per heavy atom. The number of amides is 2. The van der Waals surface area contributed by atoms with Gasteiger partial charge in [0.1, 0.15) is 0 Å². The third-order valence-corrected chi connectivity index (χ3v) is 7.66. The Morgan fingerprint density at radius 1 is 1.19 bits per heavy atom. The van der Waals surface area contributed by atoms with E-state index in [1.807, 2.05) is 44.2 Å². The number of rotatable bonds is 8. The van der Waals surface area contributed by atoms with Gasteiger partial charge in [0.25, 0.3) is 0 Å². The fourth-order valence-corrected chi connectivity index (χ4v) is 5.36. The van der Waals surface area contributed by atoms with Crippen LogP contribution in [-0.2, 0) is 32.5 Å². The molecule has 0 bridgehead atoms. The Labute approximate surface area is 190 Å². The topological polar surface area (TPSA) is 86.8 Å². The van der Waals surface area contributed by atoms with E-state index in [0.29, 0.717) is 12.8 Å². The summed E-state index contributed by atoms with van der Waals surface area (Å²) in [6.45, 7) is 5.17. The summed E-state index contributed by atoms with van der Waals surface area (Å²) < 4.78 is 27.2. The molecule has 172 valence electrons. The van der Waals surface area contributed by atoms with Crippen molar-refractivity contribution >= 4 is 27.5 Å². The van der Waals surface area contributed by atoms with Gasteiger partial charge in [-0.2, -0.15) is 4.31 Å². The fraction of sp³-hybridized carbons (Fsp3) is 0.417. The molecule has 0 saturated heterocycles. The summed E-state index contributed by atoms with van der Waals surface area (Å²) in [7, 11) is -2.44. The number of hydrogen-bond acceptors (Lipinski definition) is 4. The number of fused-ring (bicyclic) bond motifs is 1. The number of likely N-dealkylation sites (N-methyl/N-ethyl adjacent to an activating group) is 1. The summed E-state index contributed by atoms with van der Waals surface area (Å²) in [6, 6.07) is 14.6. The number of carbonyl (C=O) groups excluding carboxylic acids is 2. The lowest BCUT2D eigenvalue weighted by molar-refractivity contribution is -0.122. The summed E-state index contributed by atoms with van der Waals surface area (Å²) in [5, 5.41) is 2.95. The predicted octanol–water partition coefficient (Wildman–Crippen LogP) is 2.74. The van der Waals surface area contributed by atoms with Crippen molar-refractivity contribution in [3.8, 4) is 0 Å². The SMILES string of the molecule is CC[C@H](Cc1ccccc1)NC(=O)CN(C)S(=O)(=O)c1ccc2c(c1)C[C@@H](C)N2C(C)=O. The van der Waals surface area contributed by atoms with E-state index in [2.05, 4.69) is 5.32 Å². The molecule has 1 N–H and O–H groups in total. The zero-order valence-corrected chi connectivity index (χ0v) is 19.9. The third-order valence-electron chi connectivity index (χ3n) is 5.86. The lowest BCUT2D eigenvalue weighted by atomic mass is 10.0. The quantitative estimate of drug-likeness (QED) is 0.660. The van der Waals surface area contributed by atoms with E-state index in [0.717, 1.165) is 27.5 Å². The van der Waals surface area contributed by atoms with Crippen LogP contribution in [0.4, 0.5) is 5.69 Å². The first-order valence-electron chi connectivity index (χ1n) is 10.9. The van der Waals surface area contributed by atoms with Gasteiger partial charge in [0, 0.05) is 31.7 Å². The van der Waals surface area contributed by atoms with Crippen LogP contribution in [0.1, 0.15) is 38.3 Å². The third kappa shape index (κ3) is 5.19. The standard InChI is InChI=1S/C24H31N3O4S/c1-5-21(14-19-9-7-6-8-10-19)25-24(29)16-26(4)32(30,31)22-11-12-23-20(15-22)13-17(2)27(23)18(3)28/h6-12,15,17,21H,5,13-14,16H2,1-4H3,(H,25,29)/t17-,21-/m1/s1. The zero-order chi connectivity index (χ0) is 23.5. The van der Waals surface area contributed by atoms with E-state index >= 15 is 0 Å². The molecule has 0 fully saturated rings. The van der Waals surface area contributed by atoms with E-state index in [9.17, 15) is 18.0 Å². The van der Waals surface area contributed by atoms with E-state index < -0.39 is 10.0 Å². The highest BCUT2D eigenvalue weighted by atomic mass is 32.2. The van der Waals surface area contributed by atoms with Crippen molar-refractivity contribution in [3.05, 3.63) is 59.7 Å². The van der Waals surface area contributed by atoms with Gasteiger partial charge in [-0.05, 0) is 55.5 Å². The van der Waals surface area contributed by atoms with Crippen LogP contribution in [0.15, 0.2) is 53.4 Å². The van der Waals surface area contributed by atoms with Crippen LogP contribution in [0.5, 0.6) is 0 Å². The minimum atomic E-state index is -3.84. The summed E-state index contributed by atoms with van der Waals surface area (Å²) in [5.41, 5.74) is 2.68. The number of nitrogens with zero attached hydrogens (tertiary/aromatic N) is 2. The van der Waals surface area contributed by atoms with Crippen LogP contribution in [0.2, 0.25) is 0 Å². The Hall–Kier alpha value is -2.71. The van der Waals surface area contributed by atoms with Crippen molar-refractivity contribution in [3.63, 3.8) is 0 Å². The molecule has 0 saturated carbocycles. The first-order valence-corrected chi connectivity index (χ1v) is 12.3. The molecular formula is C24H31N3O4S. The molecule has 0 spiro atoms. The molecule has 0 aliphatic carbocycles. The summed E-state index contributed by atoms with van der Waals surface area (Å²) in [6.07, 6.45) is 2.03. The zero-order valence-electron chi connectivity index (χ0n) is 19.0. The molecule has 1 aliphatic heterocycles. The molecule has 0 aromatic heterocycles. The van der Waals surface area contributed by atoms with Gasteiger partial charge in [0.05, 0.1) is 11.4 Å². The fourth-order valence-electron chi connectivity index (χ4n) is 4.18. The molecule has 0 unspecified atom stereocenters. The lowest BCUT2D eigenvalue weighted by Gasteiger charge is -2.22. The number of nitrogens with one attached hydrogen (secondary N) is 1. The monoisotopic (exact) mass is 457 g/mol.